The van der Waals surface area contributed by atoms with Crippen molar-refractivity contribution in [3.05, 3.63) is 104 Å². The lowest BCUT2D eigenvalue weighted by atomic mass is 10.1. The van der Waals surface area contributed by atoms with Crippen molar-refractivity contribution in [2.45, 2.75) is 18.7 Å². The third-order valence-corrected chi connectivity index (χ3v) is 7.28. The van der Waals surface area contributed by atoms with E-state index in [1.165, 1.54) is 43.5 Å². The molecule has 3 N–H and O–H groups in total. The van der Waals surface area contributed by atoms with Crippen molar-refractivity contribution in [3.63, 3.8) is 0 Å². The fraction of sp³-hybridized carbons (Fsp3) is 0.115. The molecular formula is C26H23N7O8S. The summed E-state index contributed by atoms with van der Waals surface area (Å²) >= 11 is 0. The summed E-state index contributed by atoms with van der Waals surface area (Å²) in [6.07, 6.45) is 0. The van der Waals surface area contributed by atoms with Gasteiger partial charge < -0.3 is 15.4 Å². The number of sulfonamides is 1. The molecule has 0 bridgehead atoms. The van der Waals surface area contributed by atoms with E-state index in [0.29, 0.717) is 11.3 Å². The smallest absolute Gasteiger partial charge is 0.300 e. The van der Waals surface area contributed by atoms with E-state index in [1.54, 1.807) is 19.1 Å². The number of hydrogen-bond donors (Lipinski definition) is 3. The minimum Gasteiger partial charge on any atom is -0.480 e. The average Bonchev–Trinajstić information content (AvgIpc) is 2.94. The molecule has 0 radical (unpaired) electrons. The number of amides is 1. The van der Waals surface area contributed by atoms with Crippen LogP contribution < -0.4 is 20.1 Å². The molecule has 1 aromatic heterocycles. The fourth-order valence-electron chi connectivity index (χ4n) is 3.85. The lowest BCUT2D eigenvalue weighted by Gasteiger charge is -2.13. The number of nitrogens with one attached hydrogen (secondary N) is 3. The molecule has 0 aliphatic carbocycles. The molecule has 4 aromatic rings. The van der Waals surface area contributed by atoms with Gasteiger partial charge in [-0.3, -0.25) is 29.7 Å². The number of aromatic nitrogens is 2. The van der Waals surface area contributed by atoms with E-state index in [-0.39, 0.29) is 33.5 Å². The van der Waals surface area contributed by atoms with Crippen LogP contribution in [0, 0.1) is 34.1 Å². The molecule has 0 spiro atoms. The third kappa shape index (κ3) is 6.56. The number of nitro benzene ring substituents is 2. The first kappa shape index (κ1) is 29.3. The average molecular weight is 594 g/mol. The Kier molecular flexibility index (Phi) is 8.28. The Hall–Kier alpha value is -5.64. The van der Waals surface area contributed by atoms with Gasteiger partial charge in [0.1, 0.15) is 0 Å². The molecule has 16 heteroatoms. The Morgan fingerprint density at radius 3 is 2.05 bits per heavy atom. The number of methoxy groups -OCH3 is 1. The summed E-state index contributed by atoms with van der Waals surface area (Å²) in [5.74, 6) is -0.741. The Labute approximate surface area is 238 Å². The molecule has 42 heavy (non-hydrogen) atoms. The zero-order chi connectivity index (χ0) is 30.6. The van der Waals surface area contributed by atoms with Crippen LogP contribution in [0.15, 0.2) is 71.6 Å². The Bertz CT molecular complexity index is 1760. The summed E-state index contributed by atoms with van der Waals surface area (Å²) in [6, 6.07) is 14.8. The Morgan fingerprint density at radius 1 is 0.881 bits per heavy atom. The topological polar surface area (TPSA) is 209 Å². The Balaban J connectivity index is 1.58. The van der Waals surface area contributed by atoms with E-state index in [9.17, 15) is 33.4 Å². The Morgan fingerprint density at radius 2 is 1.52 bits per heavy atom. The molecule has 1 heterocycles. The largest absolute Gasteiger partial charge is 0.480 e. The van der Waals surface area contributed by atoms with Crippen molar-refractivity contribution in [1.29, 1.82) is 0 Å². The van der Waals surface area contributed by atoms with Crippen LogP contribution in [-0.4, -0.2) is 41.5 Å². The molecule has 0 unspecified atom stereocenters. The second kappa shape index (κ2) is 11.8. The van der Waals surface area contributed by atoms with Crippen molar-refractivity contribution >= 4 is 50.2 Å². The maximum atomic E-state index is 13.0. The van der Waals surface area contributed by atoms with E-state index in [0.717, 1.165) is 17.7 Å². The second-order valence-electron chi connectivity index (χ2n) is 8.89. The number of benzene rings is 3. The standard InChI is InChI=1S/C26H23N7O8S/c1-15-4-9-20(16(2)12-15)28-25-21(32(35)36)13-17(14-22(25)33(37)38)26(34)27-18-5-7-19(8-6-18)42(39,40)31-23-10-11-24(41-3)30-29-23/h4-14,28H,1-3H3,(H,27,34)(H,29,31). The molecule has 4 rings (SSSR count). The van der Waals surface area contributed by atoms with Gasteiger partial charge in [0.15, 0.2) is 11.5 Å². The molecule has 0 atom stereocenters. The number of rotatable bonds is 10. The molecule has 0 aliphatic rings. The zero-order valence-corrected chi connectivity index (χ0v) is 23.1. The number of aryl methyl sites for hydroxylation is 2. The van der Waals surface area contributed by atoms with Gasteiger partial charge in [0.2, 0.25) is 5.88 Å². The summed E-state index contributed by atoms with van der Waals surface area (Å²) in [6.45, 7) is 3.60. The van der Waals surface area contributed by atoms with Crippen molar-refractivity contribution in [1.82, 2.24) is 10.2 Å². The lowest BCUT2D eigenvalue weighted by molar-refractivity contribution is -0.392. The van der Waals surface area contributed by atoms with E-state index < -0.39 is 37.2 Å². The van der Waals surface area contributed by atoms with Crippen molar-refractivity contribution in [2.75, 3.05) is 22.5 Å². The van der Waals surface area contributed by atoms with Crippen molar-refractivity contribution in [2.24, 2.45) is 0 Å². The number of ether oxygens (including phenoxy) is 1. The summed E-state index contributed by atoms with van der Waals surface area (Å²) in [7, 11) is -2.67. The van der Waals surface area contributed by atoms with Crippen LogP contribution in [-0.2, 0) is 10.0 Å². The van der Waals surface area contributed by atoms with E-state index in [2.05, 4.69) is 25.6 Å². The van der Waals surface area contributed by atoms with Crippen LogP contribution in [0.25, 0.3) is 0 Å². The first-order valence-corrected chi connectivity index (χ1v) is 13.5. The van der Waals surface area contributed by atoms with E-state index in [1.807, 2.05) is 13.0 Å². The van der Waals surface area contributed by atoms with Gasteiger partial charge in [-0.25, -0.2) is 8.42 Å². The van der Waals surface area contributed by atoms with Gasteiger partial charge in [-0.15, -0.1) is 10.2 Å². The van der Waals surface area contributed by atoms with Gasteiger partial charge in [0.05, 0.1) is 27.4 Å². The molecule has 0 saturated heterocycles. The van der Waals surface area contributed by atoms with Gasteiger partial charge in [-0.2, -0.15) is 0 Å². The summed E-state index contributed by atoms with van der Waals surface area (Å²) in [4.78, 5) is 34.9. The zero-order valence-electron chi connectivity index (χ0n) is 22.3. The van der Waals surface area contributed by atoms with Crippen LogP contribution in [0.3, 0.4) is 0 Å². The minimum absolute atomic E-state index is 0.0492. The molecular weight excluding hydrogens is 570 g/mol. The van der Waals surface area contributed by atoms with E-state index in [4.69, 9.17) is 4.74 Å². The van der Waals surface area contributed by atoms with Crippen LogP contribution in [0.4, 0.5) is 34.3 Å². The predicted octanol–water partition coefficient (Wildman–Crippen LogP) is 4.72. The van der Waals surface area contributed by atoms with Crippen molar-refractivity contribution < 1.29 is 27.8 Å². The highest BCUT2D eigenvalue weighted by molar-refractivity contribution is 7.92. The first-order valence-electron chi connectivity index (χ1n) is 12.0. The van der Waals surface area contributed by atoms with Crippen LogP contribution >= 0.6 is 0 Å². The molecule has 3 aromatic carbocycles. The molecule has 15 nitrogen and oxygen atoms in total. The number of carbonyl (C=O) groups is 1. The van der Waals surface area contributed by atoms with Crippen LogP contribution in [0.5, 0.6) is 5.88 Å². The summed E-state index contributed by atoms with van der Waals surface area (Å²) in [5, 5.41) is 36.4. The third-order valence-electron chi connectivity index (χ3n) is 5.90. The van der Waals surface area contributed by atoms with Gasteiger partial charge in [-0.05, 0) is 55.8 Å². The number of anilines is 4. The van der Waals surface area contributed by atoms with Crippen molar-refractivity contribution in [3.8, 4) is 5.88 Å². The lowest BCUT2D eigenvalue weighted by Crippen LogP contribution is -2.15. The number of nitrogens with zero attached hydrogens (tertiary/aromatic N) is 4. The molecule has 216 valence electrons. The fourth-order valence-corrected chi connectivity index (χ4v) is 4.84. The number of hydrogen-bond acceptors (Lipinski definition) is 11. The number of carbonyl (C=O) groups excluding carboxylic acids is 1. The van der Waals surface area contributed by atoms with Gasteiger partial charge in [0, 0.05) is 29.6 Å². The maximum absolute atomic E-state index is 13.0. The first-order chi connectivity index (χ1) is 19.9. The van der Waals surface area contributed by atoms with Gasteiger partial charge >= 0.3 is 11.4 Å². The van der Waals surface area contributed by atoms with Gasteiger partial charge in [0.25, 0.3) is 15.9 Å². The SMILES string of the molecule is COc1ccc(NS(=O)(=O)c2ccc(NC(=O)c3cc([N+](=O)[O-])c(Nc4ccc(C)cc4C)c([N+](=O)[O-])c3)cc2)nn1. The normalized spacial score (nSPS) is 10.9. The monoisotopic (exact) mass is 593 g/mol. The van der Waals surface area contributed by atoms with Gasteiger partial charge in [-0.1, -0.05) is 17.7 Å². The highest BCUT2D eigenvalue weighted by atomic mass is 32.2. The van der Waals surface area contributed by atoms with Crippen LogP contribution in [0.2, 0.25) is 0 Å². The molecule has 0 aliphatic heterocycles. The molecule has 1 amide bonds. The predicted molar refractivity (Wildman–Crippen MR) is 153 cm³/mol. The molecule has 0 fully saturated rings. The van der Waals surface area contributed by atoms with Crippen LogP contribution in [0.1, 0.15) is 21.5 Å². The minimum atomic E-state index is -4.06. The second-order valence-corrected chi connectivity index (χ2v) is 10.6. The molecule has 0 saturated carbocycles. The maximum Gasteiger partial charge on any atom is 0.300 e. The highest BCUT2D eigenvalue weighted by Crippen LogP contribution is 2.38. The summed E-state index contributed by atoms with van der Waals surface area (Å²) in [5.41, 5.74) is 0.110. The quantitative estimate of drug-likeness (QED) is 0.169. The van der Waals surface area contributed by atoms with E-state index >= 15 is 0 Å². The summed E-state index contributed by atoms with van der Waals surface area (Å²) < 4.78 is 32.5. The highest BCUT2D eigenvalue weighted by Gasteiger charge is 2.29. The number of nitro groups is 2.